The van der Waals surface area contributed by atoms with E-state index < -0.39 is 0 Å². The van der Waals surface area contributed by atoms with Gasteiger partial charge < -0.3 is 10.6 Å². The van der Waals surface area contributed by atoms with Crippen LogP contribution in [-0.2, 0) is 4.79 Å². The Morgan fingerprint density at radius 3 is 2.41 bits per heavy atom. The van der Waals surface area contributed by atoms with E-state index in [2.05, 4.69) is 31.4 Å². The van der Waals surface area contributed by atoms with Crippen molar-refractivity contribution in [2.24, 2.45) is 11.8 Å². The molecule has 1 amide bonds. The molecule has 2 unspecified atom stereocenters. The quantitative estimate of drug-likeness (QED) is 0.748. The number of hydrogen-bond donors (Lipinski definition) is 2. The fourth-order valence-corrected chi connectivity index (χ4v) is 2.79. The van der Waals surface area contributed by atoms with Crippen LogP contribution in [0.4, 0.5) is 0 Å². The van der Waals surface area contributed by atoms with Gasteiger partial charge in [-0.3, -0.25) is 4.79 Å². The van der Waals surface area contributed by atoms with Gasteiger partial charge in [0.15, 0.2) is 0 Å². The van der Waals surface area contributed by atoms with Crippen molar-refractivity contribution in [1.82, 2.24) is 10.6 Å². The maximum absolute atomic E-state index is 11.5. The third kappa shape index (κ3) is 5.07. The van der Waals surface area contributed by atoms with Crippen LogP contribution in [0.15, 0.2) is 0 Å². The molecule has 0 aliphatic heterocycles. The third-order valence-electron chi connectivity index (χ3n) is 3.85. The molecule has 2 atom stereocenters. The minimum absolute atomic E-state index is 0.176. The van der Waals surface area contributed by atoms with E-state index >= 15 is 0 Å². The highest BCUT2D eigenvalue weighted by atomic mass is 16.1. The summed E-state index contributed by atoms with van der Waals surface area (Å²) in [5.41, 5.74) is 0. The summed E-state index contributed by atoms with van der Waals surface area (Å²) in [6, 6.07) is 0.600. The molecule has 1 aliphatic rings. The van der Waals surface area contributed by atoms with Crippen LogP contribution in [0.2, 0.25) is 0 Å². The Kier molecular flexibility index (Phi) is 6.56. The maximum atomic E-state index is 11.5. The monoisotopic (exact) mass is 240 g/mol. The van der Waals surface area contributed by atoms with Crippen molar-refractivity contribution in [3.05, 3.63) is 0 Å². The third-order valence-corrected chi connectivity index (χ3v) is 3.85. The lowest BCUT2D eigenvalue weighted by atomic mass is 9.79. The van der Waals surface area contributed by atoms with E-state index in [1.54, 1.807) is 0 Å². The van der Waals surface area contributed by atoms with Gasteiger partial charge in [0.25, 0.3) is 0 Å². The minimum Gasteiger partial charge on any atom is -0.356 e. The molecule has 17 heavy (non-hydrogen) atoms. The van der Waals surface area contributed by atoms with Gasteiger partial charge in [0.1, 0.15) is 0 Å². The highest BCUT2D eigenvalue weighted by Gasteiger charge is 2.26. The van der Waals surface area contributed by atoms with Crippen LogP contribution in [0.25, 0.3) is 0 Å². The van der Waals surface area contributed by atoms with E-state index in [9.17, 15) is 4.79 Å². The van der Waals surface area contributed by atoms with Gasteiger partial charge in [-0.15, -0.1) is 0 Å². The Balaban J connectivity index is 2.18. The van der Waals surface area contributed by atoms with E-state index in [1.807, 2.05) is 0 Å². The molecule has 0 aromatic carbocycles. The Labute approximate surface area is 106 Å². The second-order valence-electron chi connectivity index (χ2n) is 5.47. The zero-order chi connectivity index (χ0) is 12.7. The molecule has 0 aromatic rings. The highest BCUT2D eigenvalue weighted by molar-refractivity contribution is 5.75. The van der Waals surface area contributed by atoms with Gasteiger partial charge in [-0.05, 0) is 31.1 Å². The van der Waals surface area contributed by atoms with Crippen LogP contribution in [-0.4, -0.2) is 25.0 Å². The first-order valence-corrected chi connectivity index (χ1v) is 7.15. The summed E-state index contributed by atoms with van der Waals surface area (Å²) in [6.07, 6.45) is 5.62. The van der Waals surface area contributed by atoms with Crippen molar-refractivity contribution in [3.8, 4) is 0 Å². The van der Waals surface area contributed by atoms with Gasteiger partial charge in [0.2, 0.25) is 5.91 Å². The van der Waals surface area contributed by atoms with Crippen LogP contribution in [0.3, 0.4) is 0 Å². The second-order valence-corrected chi connectivity index (χ2v) is 5.47. The Morgan fingerprint density at radius 1 is 1.18 bits per heavy atom. The maximum Gasteiger partial charge on any atom is 0.221 e. The van der Waals surface area contributed by atoms with Crippen molar-refractivity contribution in [1.29, 1.82) is 0 Å². The Bertz CT molecular complexity index is 220. The molecule has 0 spiro atoms. The first kappa shape index (κ1) is 14.5. The summed E-state index contributed by atoms with van der Waals surface area (Å²) >= 11 is 0. The van der Waals surface area contributed by atoms with Crippen molar-refractivity contribution >= 4 is 5.91 Å². The molecular formula is C14H28N2O. The number of hydrogen-bond acceptors (Lipinski definition) is 2. The SMILES string of the molecule is CCCNC(=O)CCNC1C(C)CCCC1C. The smallest absolute Gasteiger partial charge is 0.221 e. The Morgan fingerprint density at radius 2 is 1.82 bits per heavy atom. The molecule has 0 bridgehead atoms. The fraction of sp³-hybridized carbons (Fsp3) is 0.929. The first-order valence-electron chi connectivity index (χ1n) is 7.15. The Hall–Kier alpha value is -0.570. The molecule has 1 rings (SSSR count). The lowest BCUT2D eigenvalue weighted by Gasteiger charge is -2.35. The zero-order valence-corrected chi connectivity index (χ0v) is 11.6. The van der Waals surface area contributed by atoms with E-state index in [0.29, 0.717) is 12.5 Å². The average molecular weight is 240 g/mol. The van der Waals surface area contributed by atoms with Crippen molar-refractivity contribution in [3.63, 3.8) is 0 Å². The van der Waals surface area contributed by atoms with Crippen LogP contribution < -0.4 is 10.6 Å². The summed E-state index contributed by atoms with van der Waals surface area (Å²) < 4.78 is 0. The average Bonchev–Trinajstić information content (AvgIpc) is 2.30. The van der Waals surface area contributed by atoms with E-state index in [-0.39, 0.29) is 5.91 Å². The van der Waals surface area contributed by atoms with Gasteiger partial charge in [0, 0.05) is 25.6 Å². The van der Waals surface area contributed by atoms with E-state index in [1.165, 1.54) is 19.3 Å². The summed E-state index contributed by atoms with van der Waals surface area (Å²) in [5, 5.41) is 6.48. The van der Waals surface area contributed by atoms with E-state index in [0.717, 1.165) is 31.3 Å². The van der Waals surface area contributed by atoms with Crippen molar-refractivity contribution in [2.75, 3.05) is 13.1 Å². The molecular weight excluding hydrogens is 212 g/mol. The molecule has 100 valence electrons. The molecule has 0 aromatic heterocycles. The van der Waals surface area contributed by atoms with Crippen LogP contribution in [0.5, 0.6) is 0 Å². The number of nitrogens with one attached hydrogen (secondary N) is 2. The number of rotatable bonds is 6. The molecule has 3 nitrogen and oxygen atoms in total. The van der Waals surface area contributed by atoms with Crippen LogP contribution in [0, 0.1) is 11.8 Å². The lowest BCUT2D eigenvalue weighted by molar-refractivity contribution is -0.121. The topological polar surface area (TPSA) is 41.1 Å². The summed E-state index contributed by atoms with van der Waals surface area (Å²) in [7, 11) is 0. The molecule has 1 saturated carbocycles. The normalized spacial score (nSPS) is 29.0. The highest BCUT2D eigenvalue weighted by Crippen LogP contribution is 2.28. The van der Waals surface area contributed by atoms with E-state index in [4.69, 9.17) is 0 Å². The standard InChI is InChI=1S/C14H28N2O/c1-4-9-15-13(17)8-10-16-14-11(2)6-5-7-12(14)3/h11-12,14,16H,4-10H2,1-3H3,(H,15,17). The number of carbonyl (C=O) groups is 1. The molecule has 0 heterocycles. The predicted molar refractivity (Wildman–Crippen MR) is 71.9 cm³/mol. The largest absolute Gasteiger partial charge is 0.356 e. The lowest BCUT2D eigenvalue weighted by Crippen LogP contribution is -2.44. The molecule has 2 N–H and O–H groups in total. The number of amides is 1. The van der Waals surface area contributed by atoms with Crippen molar-refractivity contribution in [2.45, 2.75) is 58.9 Å². The molecule has 0 saturated heterocycles. The molecule has 1 fully saturated rings. The predicted octanol–water partition coefficient (Wildman–Crippen LogP) is 2.32. The number of carbonyl (C=O) groups excluding carboxylic acids is 1. The first-order chi connectivity index (χ1) is 8.15. The molecule has 1 aliphatic carbocycles. The van der Waals surface area contributed by atoms with Crippen LogP contribution >= 0.6 is 0 Å². The van der Waals surface area contributed by atoms with Crippen LogP contribution in [0.1, 0.15) is 52.9 Å². The van der Waals surface area contributed by atoms with Gasteiger partial charge in [0.05, 0.1) is 0 Å². The summed E-state index contributed by atoms with van der Waals surface area (Å²) in [4.78, 5) is 11.5. The summed E-state index contributed by atoms with van der Waals surface area (Å²) in [5.74, 6) is 1.67. The van der Waals surface area contributed by atoms with Gasteiger partial charge in [-0.25, -0.2) is 0 Å². The van der Waals surface area contributed by atoms with Gasteiger partial charge >= 0.3 is 0 Å². The molecule has 0 radical (unpaired) electrons. The van der Waals surface area contributed by atoms with Crippen molar-refractivity contribution < 1.29 is 4.79 Å². The summed E-state index contributed by atoms with van der Waals surface area (Å²) in [6.45, 7) is 8.34. The van der Waals surface area contributed by atoms with Gasteiger partial charge in [-0.1, -0.05) is 27.2 Å². The van der Waals surface area contributed by atoms with Gasteiger partial charge in [-0.2, -0.15) is 0 Å². The molecule has 3 heteroatoms. The minimum atomic E-state index is 0.176. The zero-order valence-electron chi connectivity index (χ0n) is 11.6. The second kappa shape index (κ2) is 7.70. The fourth-order valence-electron chi connectivity index (χ4n) is 2.79.